The van der Waals surface area contributed by atoms with Crippen LogP contribution in [0.3, 0.4) is 0 Å². The van der Waals surface area contributed by atoms with E-state index in [1.165, 1.54) is 38.5 Å². The molecule has 0 aromatic rings. The van der Waals surface area contributed by atoms with E-state index in [2.05, 4.69) is 12.2 Å². The Morgan fingerprint density at radius 1 is 0.679 bits per heavy atom. The summed E-state index contributed by atoms with van der Waals surface area (Å²) in [6, 6.07) is 0. The van der Waals surface area contributed by atoms with Gasteiger partial charge in [-0.1, -0.05) is 12.2 Å². The Balaban J connectivity index is 1.15. The summed E-state index contributed by atoms with van der Waals surface area (Å²) >= 11 is 0. The van der Waals surface area contributed by atoms with Crippen molar-refractivity contribution in [2.75, 3.05) is 26.4 Å². The van der Waals surface area contributed by atoms with Gasteiger partial charge in [0.1, 0.15) is 0 Å². The van der Waals surface area contributed by atoms with Crippen LogP contribution >= 0.6 is 0 Å². The third-order valence-corrected chi connectivity index (χ3v) is 8.99. The van der Waals surface area contributed by atoms with E-state index < -0.39 is 0 Å². The Kier molecular flexibility index (Phi) is 5.04. The molecule has 0 radical (unpaired) electrons. The van der Waals surface area contributed by atoms with Gasteiger partial charge in [-0.25, -0.2) is 0 Å². The molecule has 4 heteroatoms. The second-order valence-corrected chi connectivity index (χ2v) is 10.3. The summed E-state index contributed by atoms with van der Waals surface area (Å²) in [5, 5.41) is 0. The SMILES string of the molecule is C1=CC2CC1C1C3CC(C(COC4CCCCO4)C3COC3CCCCO3)C21. The highest BCUT2D eigenvalue weighted by Gasteiger charge is 2.64. The fourth-order valence-electron chi connectivity index (χ4n) is 7.90. The van der Waals surface area contributed by atoms with Crippen molar-refractivity contribution in [2.24, 2.45) is 47.3 Å². The second-order valence-electron chi connectivity index (χ2n) is 10.3. The van der Waals surface area contributed by atoms with Gasteiger partial charge in [-0.3, -0.25) is 0 Å². The van der Waals surface area contributed by atoms with E-state index >= 15 is 0 Å². The summed E-state index contributed by atoms with van der Waals surface area (Å²) in [4.78, 5) is 0. The van der Waals surface area contributed by atoms with Crippen molar-refractivity contribution >= 4 is 0 Å². The molecule has 5 fully saturated rings. The van der Waals surface area contributed by atoms with Crippen LogP contribution in [0.2, 0.25) is 0 Å². The molecule has 2 aliphatic heterocycles. The molecule has 3 saturated carbocycles. The standard InChI is InChI=1S/C24H36O4/c1-3-9-25-21(5-1)27-13-19-17-12-18(24-16-8-7-15(11-16)23(17)24)20(19)14-28-22-6-2-4-10-26-22/h7-8,15-24H,1-6,9-14H2. The minimum atomic E-state index is 0.0341. The highest BCUT2D eigenvalue weighted by atomic mass is 16.7. The molecule has 156 valence electrons. The van der Waals surface area contributed by atoms with Crippen LogP contribution < -0.4 is 0 Å². The van der Waals surface area contributed by atoms with Gasteiger partial charge in [-0.15, -0.1) is 0 Å². The smallest absolute Gasteiger partial charge is 0.157 e. The molecule has 0 aromatic carbocycles. The largest absolute Gasteiger partial charge is 0.353 e. The first-order valence-corrected chi connectivity index (χ1v) is 12.0. The van der Waals surface area contributed by atoms with Gasteiger partial charge in [0.2, 0.25) is 0 Å². The molecule has 28 heavy (non-hydrogen) atoms. The monoisotopic (exact) mass is 388 g/mol. The van der Waals surface area contributed by atoms with E-state index in [-0.39, 0.29) is 12.6 Å². The van der Waals surface area contributed by atoms with Crippen LogP contribution in [0, 0.1) is 47.3 Å². The Labute approximate surface area is 169 Å². The third kappa shape index (κ3) is 3.10. The van der Waals surface area contributed by atoms with E-state index in [1.807, 2.05) is 0 Å². The van der Waals surface area contributed by atoms with Crippen molar-refractivity contribution in [1.29, 1.82) is 0 Å². The van der Waals surface area contributed by atoms with E-state index in [9.17, 15) is 0 Å². The fraction of sp³-hybridized carbons (Fsp3) is 0.917. The Hall–Kier alpha value is -0.420. The maximum absolute atomic E-state index is 6.34. The van der Waals surface area contributed by atoms with E-state index in [0.29, 0.717) is 11.8 Å². The van der Waals surface area contributed by atoms with Gasteiger partial charge in [0, 0.05) is 13.2 Å². The predicted molar refractivity (Wildman–Crippen MR) is 105 cm³/mol. The maximum atomic E-state index is 6.34. The number of hydrogen-bond acceptors (Lipinski definition) is 4. The molecule has 2 heterocycles. The Morgan fingerprint density at radius 3 is 1.68 bits per heavy atom. The van der Waals surface area contributed by atoms with Crippen molar-refractivity contribution in [3.05, 3.63) is 12.2 Å². The van der Waals surface area contributed by atoms with E-state index in [1.54, 1.807) is 0 Å². The summed E-state index contributed by atoms with van der Waals surface area (Å²) < 4.78 is 24.4. The molecule has 6 rings (SSSR count). The van der Waals surface area contributed by atoms with Gasteiger partial charge < -0.3 is 18.9 Å². The van der Waals surface area contributed by atoms with Crippen molar-refractivity contribution in [3.8, 4) is 0 Å². The number of hydrogen-bond donors (Lipinski definition) is 0. The molecule has 0 amide bonds. The average Bonchev–Trinajstić information content (AvgIpc) is 3.51. The minimum Gasteiger partial charge on any atom is -0.353 e. The molecule has 0 aromatic heterocycles. The fourth-order valence-corrected chi connectivity index (χ4v) is 7.90. The van der Waals surface area contributed by atoms with Crippen LogP contribution in [-0.2, 0) is 18.9 Å². The topological polar surface area (TPSA) is 36.9 Å². The zero-order valence-electron chi connectivity index (χ0n) is 17.0. The third-order valence-electron chi connectivity index (χ3n) is 8.99. The van der Waals surface area contributed by atoms with Crippen molar-refractivity contribution in [3.63, 3.8) is 0 Å². The van der Waals surface area contributed by atoms with Gasteiger partial charge in [-0.05, 0) is 98.7 Å². The van der Waals surface area contributed by atoms with Crippen LogP contribution in [0.5, 0.6) is 0 Å². The molecule has 0 spiro atoms. The maximum Gasteiger partial charge on any atom is 0.157 e. The number of fused-ring (bicyclic) bond motifs is 9. The first-order chi connectivity index (χ1) is 13.9. The predicted octanol–water partition coefficient (Wildman–Crippen LogP) is 4.39. The van der Waals surface area contributed by atoms with Crippen molar-refractivity contribution < 1.29 is 18.9 Å². The molecule has 10 unspecified atom stereocenters. The highest BCUT2D eigenvalue weighted by molar-refractivity contribution is 5.22. The van der Waals surface area contributed by atoms with Crippen LogP contribution in [0.15, 0.2) is 12.2 Å². The zero-order valence-corrected chi connectivity index (χ0v) is 17.0. The number of allylic oxidation sites excluding steroid dienone is 2. The molecule has 6 aliphatic rings. The summed E-state index contributed by atoms with van der Waals surface area (Å²) in [6.45, 7) is 3.48. The number of ether oxygens (including phenoxy) is 4. The van der Waals surface area contributed by atoms with Gasteiger partial charge >= 0.3 is 0 Å². The molecule has 4 bridgehead atoms. The zero-order chi connectivity index (χ0) is 18.5. The van der Waals surface area contributed by atoms with Gasteiger partial charge in [0.25, 0.3) is 0 Å². The first kappa shape index (κ1) is 18.4. The second kappa shape index (κ2) is 7.68. The summed E-state index contributed by atoms with van der Waals surface area (Å²) in [7, 11) is 0. The normalized spacial score (nSPS) is 51.7. The Morgan fingerprint density at radius 2 is 1.21 bits per heavy atom. The van der Waals surface area contributed by atoms with Crippen LogP contribution in [0.25, 0.3) is 0 Å². The summed E-state index contributed by atoms with van der Waals surface area (Å²) in [5.74, 6) is 6.50. The molecule has 4 nitrogen and oxygen atoms in total. The van der Waals surface area contributed by atoms with E-state index in [4.69, 9.17) is 18.9 Å². The van der Waals surface area contributed by atoms with Crippen molar-refractivity contribution in [2.45, 2.75) is 63.9 Å². The van der Waals surface area contributed by atoms with Crippen LogP contribution in [-0.4, -0.2) is 39.0 Å². The molecular formula is C24H36O4. The summed E-state index contributed by atoms with van der Waals surface area (Å²) in [6.07, 6.45) is 15.0. The number of rotatable bonds is 6. The summed E-state index contributed by atoms with van der Waals surface area (Å²) in [5.41, 5.74) is 0. The van der Waals surface area contributed by atoms with Gasteiger partial charge in [0.05, 0.1) is 13.2 Å². The Bertz CT molecular complexity index is 531. The molecule has 2 saturated heterocycles. The highest BCUT2D eigenvalue weighted by Crippen LogP contribution is 2.68. The quantitative estimate of drug-likeness (QED) is 0.499. The lowest BCUT2D eigenvalue weighted by atomic mass is 9.65. The van der Waals surface area contributed by atoms with Gasteiger partial charge in [0.15, 0.2) is 12.6 Å². The first-order valence-electron chi connectivity index (χ1n) is 12.0. The van der Waals surface area contributed by atoms with Gasteiger partial charge in [-0.2, -0.15) is 0 Å². The molecule has 4 aliphatic carbocycles. The van der Waals surface area contributed by atoms with Crippen molar-refractivity contribution in [1.82, 2.24) is 0 Å². The average molecular weight is 389 g/mol. The van der Waals surface area contributed by atoms with E-state index in [0.717, 1.165) is 74.8 Å². The molecule has 10 atom stereocenters. The van der Waals surface area contributed by atoms with Crippen LogP contribution in [0.1, 0.15) is 51.4 Å². The lowest BCUT2D eigenvalue weighted by molar-refractivity contribution is -0.193. The van der Waals surface area contributed by atoms with Crippen LogP contribution in [0.4, 0.5) is 0 Å². The lowest BCUT2D eigenvalue weighted by Gasteiger charge is -2.42. The molecular weight excluding hydrogens is 352 g/mol. The minimum absolute atomic E-state index is 0.0341. The lowest BCUT2D eigenvalue weighted by Crippen LogP contribution is -2.42. The molecule has 0 N–H and O–H groups in total.